The number of rotatable bonds is 7. The zero-order chi connectivity index (χ0) is 20.8. The molecule has 1 atom stereocenters. The lowest BCUT2D eigenvalue weighted by Crippen LogP contribution is -2.39. The van der Waals surface area contributed by atoms with E-state index in [1.807, 2.05) is 6.92 Å². The number of ether oxygens (including phenoxy) is 3. The molecule has 0 bridgehead atoms. The highest BCUT2D eigenvalue weighted by molar-refractivity contribution is 5.98. The number of hydrogen-bond donors (Lipinski definition) is 2. The van der Waals surface area contributed by atoms with Crippen molar-refractivity contribution < 1.29 is 23.8 Å². The Balaban J connectivity index is 1.59. The maximum Gasteiger partial charge on any atom is 0.319 e. The van der Waals surface area contributed by atoms with Gasteiger partial charge in [0.15, 0.2) is 11.5 Å². The normalized spacial score (nSPS) is 15.8. The van der Waals surface area contributed by atoms with Gasteiger partial charge in [-0.15, -0.1) is 0 Å². The van der Waals surface area contributed by atoms with E-state index in [0.29, 0.717) is 36.0 Å². The molecule has 154 valence electrons. The summed E-state index contributed by atoms with van der Waals surface area (Å²) in [6.45, 7) is 2.87. The van der Waals surface area contributed by atoms with Crippen molar-refractivity contribution in [2.24, 2.45) is 0 Å². The van der Waals surface area contributed by atoms with Crippen LogP contribution < -0.4 is 29.7 Å². The zero-order valence-corrected chi connectivity index (χ0v) is 16.7. The number of anilines is 2. The first-order chi connectivity index (χ1) is 14.0. The maximum atomic E-state index is 12.4. The summed E-state index contributed by atoms with van der Waals surface area (Å²) in [6, 6.07) is 11.7. The minimum Gasteiger partial charge on any atom is -0.494 e. The van der Waals surface area contributed by atoms with Crippen molar-refractivity contribution in [3.05, 3.63) is 42.5 Å². The molecule has 0 aliphatic carbocycles. The highest BCUT2D eigenvalue weighted by atomic mass is 16.5. The van der Waals surface area contributed by atoms with Crippen LogP contribution in [0.5, 0.6) is 17.2 Å². The Kier molecular flexibility index (Phi) is 6.43. The second-order valence-corrected chi connectivity index (χ2v) is 6.50. The van der Waals surface area contributed by atoms with Gasteiger partial charge in [0.1, 0.15) is 5.75 Å². The van der Waals surface area contributed by atoms with Crippen molar-refractivity contribution in [1.82, 2.24) is 5.32 Å². The molecule has 1 aliphatic heterocycles. The molecule has 1 heterocycles. The minimum atomic E-state index is -0.360. The van der Waals surface area contributed by atoms with Crippen LogP contribution in [0.3, 0.4) is 0 Å². The number of nitrogens with zero attached hydrogens (tertiary/aromatic N) is 1. The smallest absolute Gasteiger partial charge is 0.319 e. The first-order valence-electron chi connectivity index (χ1n) is 9.36. The van der Waals surface area contributed by atoms with E-state index in [0.717, 1.165) is 5.75 Å². The lowest BCUT2D eigenvalue weighted by Gasteiger charge is -2.19. The summed E-state index contributed by atoms with van der Waals surface area (Å²) in [5, 5.41) is 5.62. The van der Waals surface area contributed by atoms with Gasteiger partial charge >= 0.3 is 6.03 Å². The molecule has 8 nitrogen and oxygen atoms in total. The van der Waals surface area contributed by atoms with Crippen molar-refractivity contribution >= 4 is 23.3 Å². The summed E-state index contributed by atoms with van der Waals surface area (Å²) < 4.78 is 15.9. The summed E-state index contributed by atoms with van der Waals surface area (Å²) in [4.78, 5) is 26.4. The van der Waals surface area contributed by atoms with Gasteiger partial charge in [-0.25, -0.2) is 4.79 Å². The van der Waals surface area contributed by atoms with Gasteiger partial charge in [0.2, 0.25) is 5.91 Å². The van der Waals surface area contributed by atoms with Crippen LogP contribution in [0.2, 0.25) is 0 Å². The molecule has 0 saturated carbocycles. The number of carbonyl (C=O) groups excluding carboxylic acids is 2. The number of nitrogens with one attached hydrogen (secondary N) is 2. The van der Waals surface area contributed by atoms with E-state index in [1.165, 1.54) is 0 Å². The number of hydrogen-bond acceptors (Lipinski definition) is 5. The Morgan fingerprint density at radius 2 is 1.83 bits per heavy atom. The standard InChI is InChI=1S/C21H25N3O5/c1-4-29-17-8-5-14(6-9-17)22-21(26)23-15-11-20(25)24(13-15)16-7-10-18(27-2)19(12-16)28-3/h5-10,12,15H,4,11,13H2,1-3H3,(H2,22,23,26). The SMILES string of the molecule is CCOc1ccc(NC(=O)NC2CC(=O)N(c3ccc(OC)c(OC)c3)C2)cc1. The third kappa shape index (κ3) is 4.90. The van der Waals surface area contributed by atoms with E-state index < -0.39 is 0 Å². The Labute approximate surface area is 169 Å². The predicted octanol–water partition coefficient (Wildman–Crippen LogP) is 3.03. The Bertz CT molecular complexity index is 869. The topological polar surface area (TPSA) is 89.1 Å². The first kappa shape index (κ1) is 20.3. The van der Waals surface area contributed by atoms with Crippen LogP contribution in [0.1, 0.15) is 13.3 Å². The first-order valence-corrected chi connectivity index (χ1v) is 9.36. The molecule has 3 amide bonds. The van der Waals surface area contributed by atoms with E-state index in [1.54, 1.807) is 61.6 Å². The summed E-state index contributed by atoms with van der Waals surface area (Å²) in [6.07, 6.45) is 0.227. The van der Waals surface area contributed by atoms with Crippen molar-refractivity contribution in [3.8, 4) is 17.2 Å². The van der Waals surface area contributed by atoms with Crippen LogP contribution in [0.4, 0.5) is 16.2 Å². The molecule has 0 radical (unpaired) electrons. The third-order valence-corrected chi connectivity index (χ3v) is 4.56. The van der Waals surface area contributed by atoms with Crippen LogP contribution in [-0.4, -0.2) is 45.4 Å². The predicted molar refractivity (Wildman–Crippen MR) is 110 cm³/mol. The van der Waals surface area contributed by atoms with Crippen molar-refractivity contribution in [1.29, 1.82) is 0 Å². The van der Waals surface area contributed by atoms with Crippen molar-refractivity contribution in [2.45, 2.75) is 19.4 Å². The second-order valence-electron chi connectivity index (χ2n) is 6.50. The van der Waals surface area contributed by atoms with Gasteiger partial charge in [0.25, 0.3) is 0 Å². The van der Waals surface area contributed by atoms with Gasteiger partial charge < -0.3 is 29.7 Å². The Morgan fingerprint density at radius 3 is 2.48 bits per heavy atom. The number of urea groups is 1. The van der Waals surface area contributed by atoms with Crippen molar-refractivity contribution in [2.75, 3.05) is 37.6 Å². The molecule has 1 aliphatic rings. The third-order valence-electron chi connectivity index (χ3n) is 4.56. The molecule has 29 heavy (non-hydrogen) atoms. The molecular weight excluding hydrogens is 374 g/mol. The highest BCUT2D eigenvalue weighted by Crippen LogP contribution is 2.33. The fourth-order valence-electron chi connectivity index (χ4n) is 3.20. The van der Waals surface area contributed by atoms with Gasteiger partial charge in [0, 0.05) is 30.4 Å². The van der Waals surface area contributed by atoms with Gasteiger partial charge in [-0.2, -0.15) is 0 Å². The van der Waals surface area contributed by atoms with Gasteiger partial charge in [-0.1, -0.05) is 0 Å². The fraction of sp³-hybridized carbons (Fsp3) is 0.333. The van der Waals surface area contributed by atoms with E-state index in [9.17, 15) is 9.59 Å². The molecule has 2 aromatic carbocycles. The van der Waals surface area contributed by atoms with Crippen LogP contribution in [0.25, 0.3) is 0 Å². The molecule has 8 heteroatoms. The fourth-order valence-corrected chi connectivity index (χ4v) is 3.20. The van der Waals surface area contributed by atoms with Gasteiger partial charge in [-0.3, -0.25) is 4.79 Å². The summed E-state index contributed by atoms with van der Waals surface area (Å²) in [5.74, 6) is 1.81. The largest absolute Gasteiger partial charge is 0.494 e. The molecule has 1 saturated heterocycles. The summed E-state index contributed by atoms with van der Waals surface area (Å²) in [5.41, 5.74) is 1.34. The zero-order valence-electron chi connectivity index (χ0n) is 16.7. The van der Waals surface area contributed by atoms with Crippen molar-refractivity contribution in [3.63, 3.8) is 0 Å². The summed E-state index contributed by atoms with van der Waals surface area (Å²) in [7, 11) is 3.10. The van der Waals surface area contributed by atoms with Gasteiger partial charge in [0.05, 0.1) is 26.9 Å². The van der Waals surface area contributed by atoms with Crippen LogP contribution in [0, 0.1) is 0 Å². The Hall–Kier alpha value is -3.42. The Morgan fingerprint density at radius 1 is 1.10 bits per heavy atom. The molecule has 1 fully saturated rings. The highest BCUT2D eigenvalue weighted by Gasteiger charge is 2.32. The van der Waals surface area contributed by atoms with E-state index in [2.05, 4.69) is 10.6 Å². The molecule has 3 rings (SSSR count). The van der Waals surface area contributed by atoms with Crippen LogP contribution >= 0.6 is 0 Å². The quantitative estimate of drug-likeness (QED) is 0.747. The number of amides is 3. The van der Waals surface area contributed by atoms with Crippen LogP contribution in [0.15, 0.2) is 42.5 Å². The van der Waals surface area contributed by atoms with Crippen LogP contribution in [-0.2, 0) is 4.79 Å². The van der Waals surface area contributed by atoms with E-state index in [4.69, 9.17) is 14.2 Å². The maximum absolute atomic E-state index is 12.4. The average Bonchev–Trinajstić information content (AvgIpc) is 3.08. The van der Waals surface area contributed by atoms with E-state index in [-0.39, 0.29) is 24.4 Å². The number of methoxy groups -OCH3 is 2. The van der Waals surface area contributed by atoms with E-state index >= 15 is 0 Å². The minimum absolute atomic E-state index is 0.0661. The molecule has 0 aromatic heterocycles. The average molecular weight is 399 g/mol. The summed E-state index contributed by atoms with van der Waals surface area (Å²) >= 11 is 0. The lowest BCUT2D eigenvalue weighted by atomic mass is 10.2. The molecule has 2 N–H and O–H groups in total. The molecule has 0 spiro atoms. The molecular formula is C21H25N3O5. The number of carbonyl (C=O) groups is 2. The lowest BCUT2D eigenvalue weighted by molar-refractivity contribution is -0.117. The monoisotopic (exact) mass is 399 g/mol. The molecule has 2 aromatic rings. The number of benzene rings is 2. The second kappa shape index (κ2) is 9.18. The molecule has 1 unspecified atom stereocenters. The van der Waals surface area contributed by atoms with Gasteiger partial charge in [-0.05, 0) is 43.3 Å².